The number of piperidine rings is 1. The Balaban J connectivity index is 1.65. The van der Waals surface area contributed by atoms with Crippen molar-refractivity contribution in [3.8, 4) is 0 Å². The molecule has 0 saturated carbocycles. The fourth-order valence-corrected chi connectivity index (χ4v) is 3.13. The number of nitrogens with one attached hydrogen (secondary N) is 2. The van der Waals surface area contributed by atoms with Crippen LogP contribution in [0.2, 0.25) is 0 Å². The van der Waals surface area contributed by atoms with Gasteiger partial charge in [-0.1, -0.05) is 12.5 Å². The Bertz CT molecular complexity index is 474. The number of rotatable bonds is 8. The van der Waals surface area contributed by atoms with E-state index in [0.717, 1.165) is 30.8 Å². The van der Waals surface area contributed by atoms with Gasteiger partial charge < -0.3 is 15.5 Å². The smallest absolute Gasteiger partial charge is 0.191 e. The Labute approximate surface area is 147 Å². The van der Waals surface area contributed by atoms with Crippen molar-refractivity contribution in [2.75, 3.05) is 26.2 Å². The third kappa shape index (κ3) is 6.87. The highest BCUT2D eigenvalue weighted by Crippen LogP contribution is 2.16. The monoisotopic (exact) mass is 331 g/mol. The second kappa shape index (κ2) is 11.0. The summed E-state index contributed by atoms with van der Waals surface area (Å²) >= 11 is 0. The molecule has 1 saturated heterocycles. The molecule has 5 heteroatoms. The first-order valence-electron chi connectivity index (χ1n) is 9.45. The van der Waals surface area contributed by atoms with Crippen LogP contribution < -0.4 is 10.6 Å². The first-order chi connectivity index (χ1) is 11.8. The van der Waals surface area contributed by atoms with Crippen LogP contribution in [-0.4, -0.2) is 48.1 Å². The van der Waals surface area contributed by atoms with Crippen LogP contribution in [0.3, 0.4) is 0 Å². The number of hydrogen-bond acceptors (Lipinski definition) is 3. The minimum absolute atomic E-state index is 0.613. The van der Waals surface area contributed by atoms with Gasteiger partial charge >= 0.3 is 0 Å². The summed E-state index contributed by atoms with van der Waals surface area (Å²) < 4.78 is 0. The molecule has 2 N–H and O–H groups in total. The fourth-order valence-electron chi connectivity index (χ4n) is 3.13. The summed E-state index contributed by atoms with van der Waals surface area (Å²) in [6, 6.07) is 6.70. The van der Waals surface area contributed by atoms with Gasteiger partial charge in [-0.3, -0.25) is 4.98 Å². The van der Waals surface area contributed by atoms with Crippen LogP contribution in [0.1, 0.15) is 51.6 Å². The van der Waals surface area contributed by atoms with E-state index < -0.39 is 0 Å². The van der Waals surface area contributed by atoms with Crippen LogP contribution in [-0.2, 0) is 6.54 Å². The van der Waals surface area contributed by atoms with Crippen molar-refractivity contribution in [2.24, 2.45) is 4.99 Å². The quantitative estimate of drug-likeness (QED) is 0.437. The van der Waals surface area contributed by atoms with Crippen molar-refractivity contribution in [1.29, 1.82) is 0 Å². The number of guanidine groups is 1. The summed E-state index contributed by atoms with van der Waals surface area (Å²) in [4.78, 5) is 11.6. The molecule has 1 unspecified atom stereocenters. The minimum Gasteiger partial charge on any atom is -0.357 e. The largest absolute Gasteiger partial charge is 0.357 e. The summed E-state index contributed by atoms with van der Waals surface area (Å²) in [6.45, 7) is 9.42. The van der Waals surface area contributed by atoms with Gasteiger partial charge in [-0.25, -0.2) is 4.99 Å². The Kier molecular flexibility index (Phi) is 8.60. The average molecular weight is 332 g/mol. The molecule has 2 heterocycles. The maximum Gasteiger partial charge on any atom is 0.191 e. The van der Waals surface area contributed by atoms with Crippen LogP contribution in [0, 0.1) is 0 Å². The first-order valence-corrected chi connectivity index (χ1v) is 9.45. The number of likely N-dealkylation sites (tertiary alicyclic amines) is 1. The Morgan fingerprint density at radius 1 is 1.29 bits per heavy atom. The highest BCUT2D eigenvalue weighted by atomic mass is 15.2. The SMILES string of the molecule is CCNC(=NCc1ccccn1)NCCCCN1CCCCC1C. The molecule has 1 atom stereocenters. The summed E-state index contributed by atoms with van der Waals surface area (Å²) in [5.41, 5.74) is 0.994. The molecule has 0 aliphatic carbocycles. The Hall–Kier alpha value is -1.62. The first kappa shape index (κ1) is 18.7. The van der Waals surface area contributed by atoms with E-state index in [9.17, 15) is 0 Å². The van der Waals surface area contributed by atoms with Crippen LogP contribution in [0.25, 0.3) is 0 Å². The van der Waals surface area contributed by atoms with Gasteiger partial charge in [-0.05, 0) is 64.8 Å². The molecular formula is C19H33N5. The minimum atomic E-state index is 0.613. The van der Waals surface area contributed by atoms with Gasteiger partial charge in [0.2, 0.25) is 0 Å². The molecule has 0 amide bonds. The summed E-state index contributed by atoms with van der Waals surface area (Å²) in [5.74, 6) is 0.884. The van der Waals surface area contributed by atoms with Crippen LogP contribution in [0.5, 0.6) is 0 Å². The molecule has 1 aliphatic rings. The number of hydrogen-bond donors (Lipinski definition) is 2. The summed E-state index contributed by atoms with van der Waals surface area (Å²) in [5, 5.41) is 6.73. The number of aliphatic imine (C=N–C) groups is 1. The standard InChI is InChI=1S/C19H33N5/c1-3-20-19(23-16-18-11-4-6-12-21-18)22-13-7-9-15-24-14-8-5-10-17(24)2/h4,6,11-12,17H,3,5,7-10,13-16H2,1-2H3,(H2,20,22,23). The number of unbranched alkanes of at least 4 members (excludes halogenated alkanes) is 1. The van der Waals surface area contributed by atoms with Gasteiger partial charge in [0, 0.05) is 25.3 Å². The molecule has 0 spiro atoms. The molecular weight excluding hydrogens is 298 g/mol. The highest BCUT2D eigenvalue weighted by Gasteiger charge is 2.16. The van der Waals surface area contributed by atoms with Gasteiger partial charge in [0.25, 0.3) is 0 Å². The lowest BCUT2D eigenvalue weighted by Crippen LogP contribution is -2.39. The lowest BCUT2D eigenvalue weighted by molar-refractivity contribution is 0.158. The molecule has 2 rings (SSSR count). The van der Waals surface area contributed by atoms with Gasteiger partial charge in [-0.2, -0.15) is 0 Å². The third-order valence-corrected chi connectivity index (χ3v) is 4.57. The number of nitrogens with zero attached hydrogens (tertiary/aromatic N) is 3. The van der Waals surface area contributed by atoms with E-state index in [2.05, 4.69) is 39.4 Å². The molecule has 24 heavy (non-hydrogen) atoms. The van der Waals surface area contributed by atoms with E-state index >= 15 is 0 Å². The average Bonchev–Trinajstić information content (AvgIpc) is 2.61. The zero-order valence-electron chi connectivity index (χ0n) is 15.3. The van der Waals surface area contributed by atoms with Crippen LogP contribution >= 0.6 is 0 Å². The summed E-state index contributed by atoms with van der Waals surface area (Å²) in [6.07, 6.45) is 8.37. The van der Waals surface area contributed by atoms with Gasteiger partial charge in [-0.15, -0.1) is 0 Å². The zero-order chi connectivity index (χ0) is 17.0. The molecule has 5 nitrogen and oxygen atoms in total. The molecule has 134 valence electrons. The van der Waals surface area contributed by atoms with Crippen LogP contribution in [0.4, 0.5) is 0 Å². The number of aromatic nitrogens is 1. The van der Waals surface area contributed by atoms with E-state index in [0.29, 0.717) is 6.54 Å². The summed E-state index contributed by atoms with van der Waals surface area (Å²) in [7, 11) is 0. The Morgan fingerprint density at radius 2 is 2.21 bits per heavy atom. The second-order valence-electron chi connectivity index (χ2n) is 6.53. The third-order valence-electron chi connectivity index (χ3n) is 4.57. The maximum absolute atomic E-state index is 4.60. The fraction of sp³-hybridized carbons (Fsp3) is 0.684. The predicted molar refractivity (Wildman–Crippen MR) is 101 cm³/mol. The van der Waals surface area contributed by atoms with Crippen molar-refractivity contribution < 1.29 is 0 Å². The molecule has 0 aromatic carbocycles. The van der Waals surface area contributed by atoms with Crippen molar-refractivity contribution in [2.45, 2.75) is 58.5 Å². The van der Waals surface area contributed by atoms with E-state index in [1.165, 1.54) is 45.2 Å². The van der Waals surface area contributed by atoms with E-state index in [1.54, 1.807) is 0 Å². The van der Waals surface area contributed by atoms with Crippen molar-refractivity contribution in [3.63, 3.8) is 0 Å². The van der Waals surface area contributed by atoms with Gasteiger partial charge in [0.1, 0.15) is 0 Å². The highest BCUT2D eigenvalue weighted by molar-refractivity contribution is 5.79. The topological polar surface area (TPSA) is 52.6 Å². The van der Waals surface area contributed by atoms with E-state index in [-0.39, 0.29) is 0 Å². The van der Waals surface area contributed by atoms with Crippen LogP contribution in [0.15, 0.2) is 29.4 Å². The molecule has 1 aliphatic heterocycles. The normalized spacial score (nSPS) is 19.2. The maximum atomic E-state index is 4.60. The molecule has 0 radical (unpaired) electrons. The van der Waals surface area contributed by atoms with E-state index in [4.69, 9.17) is 0 Å². The molecule has 1 aromatic rings. The lowest BCUT2D eigenvalue weighted by Gasteiger charge is -2.33. The zero-order valence-corrected chi connectivity index (χ0v) is 15.3. The van der Waals surface area contributed by atoms with Gasteiger partial charge in [0.15, 0.2) is 5.96 Å². The molecule has 1 aromatic heterocycles. The van der Waals surface area contributed by atoms with Gasteiger partial charge in [0.05, 0.1) is 12.2 Å². The lowest BCUT2D eigenvalue weighted by atomic mass is 10.0. The van der Waals surface area contributed by atoms with Crippen molar-refractivity contribution >= 4 is 5.96 Å². The predicted octanol–water partition coefficient (Wildman–Crippen LogP) is 2.79. The Morgan fingerprint density at radius 3 is 2.96 bits per heavy atom. The number of pyridine rings is 1. The molecule has 0 bridgehead atoms. The van der Waals surface area contributed by atoms with E-state index in [1.807, 2.05) is 24.4 Å². The molecule has 1 fully saturated rings. The van der Waals surface area contributed by atoms with Crippen molar-refractivity contribution in [1.82, 2.24) is 20.5 Å². The second-order valence-corrected chi connectivity index (χ2v) is 6.53. The van der Waals surface area contributed by atoms with Crippen molar-refractivity contribution in [3.05, 3.63) is 30.1 Å².